The van der Waals surface area contributed by atoms with Gasteiger partial charge in [-0.2, -0.15) is 18.3 Å². The first-order valence-electron chi connectivity index (χ1n) is 8.65. The maximum atomic E-state index is 13.6. The normalized spacial score (nSPS) is 13.8. The number of alkyl halides is 3. The van der Waals surface area contributed by atoms with E-state index in [9.17, 15) is 26.7 Å². The molecule has 0 saturated heterocycles. The van der Waals surface area contributed by atoms with E-state index in [1.54, 1.807) is 12.1 Å². The number of sulfonamides is 1. The maximum Gasteiger partial charge on any atom is 0.435 e. The SMILES string of the molecule is NS(=O)(=O)c1ccc(-n2nc(C(F)(F)F)c3c2-c2ccccc2CC3)cc1CO. The number of aliphatic hydroxyl groups is 1. The lowest BCUT2D eigenvalue weighted by Crippen LogP contribution is -2.15. The van der Waals surface area contributed by atoms with Crippen molar-refractivity contribution in [2.45, 2.75) is 30.5 Å². The van der Waals surface area contributed by atoms with Crippen LogP contribution in [0.2, 0.25) is 0 Å². The monoisotopic (exact) mass is 423 g/mol. The van der Waals surface area contributed by atoms with E-state index in [2.05, 4.69) is 5.10 Å². The van der Waals surface area contributed by atoms with Crippen LogP contribution in [0, 0.1) is 0 Å². The van der Waals surface area contributed by atoms with Crippen LogP contribution in [-0.4, -0.2) is 23.3 Å². The van der Waals surface area contributed by atoms with E-state index in [1.165, 1.54) is 12.1 Å². The van der Waals surface area contributed by atoms with E-state index in [-0.39, 0.29) is 28.1 Å². The number of aryl methyl sites for hydroxylation is 1. The Morgan fingerprint density at radius 3 is 2.52 bits per heavy atom. The molecule has 2 aromatic carbocycles. The smallest absolute Gasteiger partial charge is 0.392 e. The number of nitrogens with zero attached hydrogens (tertiary/aromatic N) is 2. The van der Waals surface area contributed by atoms with E-state index in [0.717, 1.165) is 16.3 Å². The molecule has 0 amide bonds. The minimum Gasteiger partial charge on any atom is -0.392 e. The van der Waals surface area contributed by atoms with Crippen molar-refractivity contribution in [1.82, 2.24) is 9.78 Å². The van der Waals surface area contributed by atoms with Gasteiger partial charge in [0.15, 0.2) is 5.69 Å². The molecule has 1 aliphatic rings. The summed E-state index contributed by atoms with van der Waals surface area (Å²) in [4.78, 5) is -0.291. The molecule has 29 heavy (non-hydrogen) atoms. The number of rotatable bonds is 3. The summed E-state index contributed by atoms with van der Waals surface area (Å²) < 4.78 is 65.4. The van der Waals surface area contributed by atoms with E-state index in [4.69, 9.17) is 5.14 Å². The van der Waals surface area contributed by atoms with Crippen molar-refractivity contribution in [2.24, 2.45) is 5.14 Å². The number of benzene rings is 2. The molecular weight excluding hydrogens is 407 g/mol. The van der Waals surface area contributed by atoms with Crippen LogP contribution in [0.3, 0.4) is 0 Å². The molecule has 0 bridgehead atoms. The fourth-order valence-corrected chi connectivity index (χ4v) is 4.45. The predicted molar refractivity (Wildman–Crippen MR) is 98.7 cm³/mol. The molecule has 0 aliphatic heterocycles. The summed E-state index contributed by atoms with van der Waals surface area (Å²) in [7, 11) is -4.10. The Bertz CT molecular complexity index is 1220. The minimum atomic E-state index is -4.64. The number of fused-ring (bicyclic) bond motifs is 3. The Balaban J connectivity index is 2.00. The molecule has 1 aromatic heterocycles. The van der Waals surface area contributed by atoms with Crippen LogP contribution in [0.5, 0.6) is 0 Å². The highest BCUT2D eigenvalue weighted by molar-refractivity contribution is 7.89. The molecule has 1 heterocycles. The van der Waals surface area contributed by atoms with Crippen LogP contribution >= 0.6 is 0 Å². The summed E-state index contributed by atoms with van der Waals surface area (Å²) in [6, 6.07) is 10.9. The number of halogens is 3. The zero-order valence-electron chi connectivity index (χ0n) is 14.9. The van der Waals surface area contributed by atoms with Crippen LogP contribution in [0.4, 0.5) is 13.2 Å². The Kier molecular flexibility index (Phi) is 4.52. The summed E-state index contributed by atoms with van der Waals surface area (Å²) in [6.07, 6.45) is -3.99. The molecule has 0 atom stereocenters. The molecule has 3 N–H and O–H groups in total. The summed E-state index contributed by atoms with van der Waals surface area (Å²) in [5, 5.41) is 18.5. The van der Waals surface area contributed by atoms with Gasteiger partial charge in [0.25, 0.3) is 0 Å². The van der Waals surface area contributed by atoms with E-state index >= 15 is 0 Å². The van der Waals surface area contributed by atoms with Gasteiger partial charge in [0, 0.05) is 11.1 Å². The van der Waals surface area contributed by atoms with Gasteiger partial charge < -0.3 is 5.11 Å². The zero-order chi connectivity index (χ0) is 21.0. The highest BCUT2D eigenvalue weighted by atomic mass is 32.2. The van der Waals surface area contributed by atoms with Gasteiger partial charge in [-0.05, 0) is 42.2 Å². The highest BCUT2D eigenvalue weighted by Crippen LogP contribution is 2.42. The number of aromatic nitrogens is 2. The van der Waals surface area contributed by atoms with E-state index in [1.807, 2.05) is 12.1 Å². The third-order valence-electron chi connectivity index (χ3n) is 4.93. The highest BCUT2D eigenvalue weighted by Gasteiger charge is 2.40. The molecule has 1 aliphatic carbocycles. The molecule has 0 saturated carbocycles. The number of primary sulfonamides is 1. The van der Waals surface area contributed by atoms with Gasteiger partial charge >= 0.3 is 6.18 Å². The maximum absolute atomic E-state index is 13.6. The molecule has 152 valence electrons. The van der Waals surface area contributed by atoms with Crippen molar-refractivity contribution in [2.75, 3.05) is 0 Å². The van der Waals surface area contributed by atoms with Crippen molar-refractivity contribution >= 4 is 10.0 Å². The van der Waals surface area contributed by atoms with Gasteiger partial charge in [-0.3, -0.25) is 0 Å². The second-order valence-electron chi connectivity index (χ2n) is 6.74. The first-order chi connectivity index (χ1) is 13.6. The zero-order valence-corrected chi connectivity index (χ0v) is 15.8. The molecule has 0 unspecified atom stereocenters. The van der Waals surface area contributed by atoms with E-state index < -0.39 is 28.5 Å². The minimum absolute atomic E-state index is 0.0214. The third-order valence-corrected chi connectivity index (χ3v) is 5.95. The van der Waals surface area contributed by atoms with Crippen molar-refractivity contribution in [3.63, 3.8) is 0 Å². The second-order valence-corrected chi connectivity index (χ2v) is 8.27. The van der Waals surface area contributed by atoms with Crippen LogP contribution in [0.15, 0.2) is 47.4 Å². The van der Waals surface area contributed by atoms with Crippen molar-refractivity contribution < 1.29 is 26.7 Å². The van der Waals surface area contributed by atoms with Gasteiger partial charge in [0.05, 0.1) is 22.9 Å². The van der Waals surface area contributed by atoms with Crippen LogP contribution in [0.1, 0.15) is 22.4 Å². The Labute approximate surface area is 164 Å². The first-order valence-corrected chi connectivity index (χ1v) is 10.2. The molecule has 0 radical (unpaired) electrons. The molecule has 10 heteroatoms. The lowest BCUT2D eigenvalue weighted by molar-refractivity contribution is -0.141. The molecule has 0 fully saturated rings. The van der Waals surface area contributed by atoms with Gasteiger partial charge in [-0.25, -0.2) is 18.2 Å². The standard InChI is InChI=1S/C19H16F3N3O3S/c20-19(21,22)18-15-7-5-11-3-1-2-4-14(11)17(15)25(24-18)13-6-8-16(29(23,27)28)12(9-13)10-26/h1-4,6,8-9,26H,5,7,10H2,(H2,23,27,28). The number of hydrogen-bond acceptors (Lipinski definition) is 4. The largest absolute Gasteiger partial charge is 0.435 e. The quantitative estimate of drug-likeness (QED) is 0.677. The van der Waals surface area contributed by atoms with Crippen molar-refractivity contribution in [3.8, 4) is 16.9 Å². The molecule has 0 spiro atoms. The van der Waals surface area contributed by atoms with Crippen molar-refractivity contribution in [3.05, 3.63) is 64.8 Å². The Hall–Kier alpha value is -2.69. The third kappa shape index (κ3) is 3.33. The van der Waals surface area contributed by atoms with Crippen LogP contribution < -0.4 is 5.14 Å². The fraction of sp³-hybridized carbons (Fsp3) is 0.211. The Morgan fingerprint density at radius 1 is 1.14 bits per heavy atom. The molecule has 6 nitrogen and oxygen atoms in total. The summed E-state index contributed by atoms with van der Waals surface area (Å²) in [6.45, 7) is -0.647. The average molecular weight is 423 g/mol. The lowest BCUT2D eigenvalue weighted by Gasteiger charge is -2.19. The van der Waals surface area contributed by atoms with Gasteiger partial charge in [-0.15, -0.1) is 0 Å². The van der Waals surface area contributed by atoms with E-state index in [0.29, 0.717) is 17.7 Å². The number of aliphatic hydroxyl groups excluding tert-OH is 1. The number of nitrogens with two attached hydrogens (primary N) is 1. The van der Waals surface area contributed by atoms with Gasteiger partial charge in [-0.1, -0.05) is 24.3 Å². The number of hydrogen-bond donors (Lipinski definition) is 2. The first kappa shape index (κ1) is 19.6. The topological polar surface area (TPSA) is 98.2 Å². The molecule has 3 aromatic rings. The van der Waals surface area contributed by atoms with Gasteiger partial charge in [0.1, 0.15) is 0 Å². The predicted octanol–water partition coefficient (Wildman–Crippen LogP) is 2.80. The summed E-state index contributed by atoms with van der Waals surface area (Å²) in [5.41, 5.74) is 1.15. The second kappa shape index (κ2) is 6.68. The van der Waals surface area contributed by atoms with Gasteiger partial charge in [0.2, 0.25) is 10.0 Å². The average Bonchev–Trinajstić information content (AvgIpc) is 3.07. The van der Waals surface area contributed by atoms with Crippen LogP contribution in [-0.2, 0) is 35.6 Å². The summed E-state index contributed by atoms with van der Waals surface area (Å²) >= 11 is 0. The summed E-state index contributed by atoms with van der Waals surface area (Å²) in [5.74, 6) is 0. The fourth-order valence-electron chi connectivity index (χ4n) is 3.71. The Morgan fingerprint density at radius 2 is 1.86 bits per heavy atom. The van der Waals surface area contributed by atoms with Crippen molar-refractivity contribution in [1.29, 1.82) is 0 Å². The lowest BCUT2D eigenvalue weighted by atomic mass is 9.88. The molecule has 4 rings (SSSR count). The molecular formula is C19H16F3N3O3S. The van der Waals surface area contributed by atoms with Crippen LogP contribution in [0.25, 0.3) is 16.9 Å².